The lowest BCUT2D eigenvalue weighted by Crippen LogP contribution is -2.33. The number of carbonyl (C=O) groups is 1. The van der Waals surface area contributed by atoms with Crippen molar-refractivity contribution < 1.29 is 17.9 Å². The molecule has 102 valence electrons. The van der Waals surface area contributed by atoms with Crippen LogP contribution in [0.1, 0.15) is 12.8 Å². The third-order valence-corrected chi connectivity index (χ3v) is 3.39. The molecule has 0 spiro atoms. The molecule has 0 fully saturated rings. The number of nitrogens with two attached hydrogens (primary N) is 1. The van der Waals surface area contributed by atoms with Gasteiger partial charge in [0.15, 0.2) is 0 Å². The fourth-order valence-corrected chi connectivity index (χ4v) is 2.15. The van der Waals surface area contributed by atoms with Crippen LogP contribution in [0.5, 0.6) is 0 Å². The molecule has 0 radical (unpaired) electrons. The molecule has 7 nitrogen and oxygen atoms in total. The summed E-state index contributed by atoms with van der Waals surface area (Å²) < 4.78 is 29.7. The number of ether oxygens (including phenoxy) is 1. The Balaban J connectivity index is 3.64. The second-order valence-electron chi connectivity index (χ2n) is 3.45. The number of sulfonamides is 1. The Labute approximate surface area is 102 Å². The van der Waals surface area contributed by atoms with Gasteiger partial charge in [0, 0.05) is 26.6 Å². The van der Waals surface area contributed by atoms with Gasteiger partial charge in [-0.15, -0.1) is 0 Å². The molecule has 0 aliphatic rings. The fourth-order valence-electron chi connectivity index (χ4n) is 1.05. The van der Waals surface area contributed by atoms with Gasteiger partial charge in [-0.1, -0.05) is 0 Å². The minimum Gasteiger partial charge on any atom is -0.383 e. The van der Waals surface area contributed by atoms with Crippen molar-refractivity contribution in [2.24, 2.45) is 5.73 Å². The number of carbonyl (C=O) groups excluding carboxylic acids is 1. The van der Waals surface area contributed by atoms with Crippen molar-refractivity contribution in [1.29, 1.82) is 0 Å². The van der Waals surface area contributed by atoms with E-state index in [1.807, 2.05) is 0 Å². The average molecular weight is 267 g/mol. The second kappa shape index (κ2) is 9.34. The van der Waals surface area contributed by atoms with Crippen LogP contribution in [0.4, 0.5) is 0 Å². The molecule has 0 atom stereocenters. The van der Waals surface area contributed by atoms with Crippen molar-refractivity contribution in [3.8, 4) is 0 Å². The topological polar surface area (TPSA) is 111 Å². The Morgan fingerprint density at radius 2 is 2.06 bits per heavy atom. The predicted octanol–water partition coefficient (Wildman–Crippen LogP) is -1.59. The molecule has 0 rings (SSSR count). The molecule has 0 unspecified atom stereocenters. The van der Waals surface area contributed by atoms with Crippen LogP contribution in [-0.2, 0) is 19.6 Å². The van der Waals surface area contributed by atoms with E-state index < -0.39 is 10.0 Å². The largest absolute Gasteiger partial charge is 0.383 e. The van der Waals surface area contributed by atoms with Crippen molar-refractivity contribution in [3.05, 3.63) is 0 Å². The summed E-state index contributed by atoms with van der Waals surface area (Å²) in [6.45, 7) is 1.30. The van der Waals surface area contributed by atoms with E-state index in [1.54, 1.807) is 0 Å². The third kappa shape index (κ3) is 10.2. The number of rotatable bonds is 10. The lowest BCUT2D eigenvalue weighted by molar-refractivity contribution is -0.121. The van der Waals surface area contributed by atoms with Gasteiger partial charge >= 0.3 is 0 Å². The molecule has 0 saturated heterocycles. The zero-order valence-corrected chi connectivity index (χ0v) is 10.9. The van der Waals surface area contributed by atoms with Crippen molar-refractivity contribution >= 4 is 15.9 Å². The van der Waals surface area contributed by atoms with Crippen LogP contribution >= 0.6 is 0 Å². The standard InChI is InChI=1S/C9H21N3O4S/c1-16-7-6-11-9(13)3-5-12-17(14,15)8-2-4-10/h12H,2-8,10H2,1H3,(H,11,13). The summed E-state index contributed by atoms with van der Waals surface area (Å²) in [4.78, 5) is 11.2. The highest BCUT2D eigenvalue weighted by molar-refractivity contribution is 7.89. The Bertz CT molecular complexity index is 305. The number of amides is 1. The Morgan fingerprint density at radius 3 is 2.65 bits per heavy atom. The van der Waals surface area contributed by atoms with E-state index in [1.165, 1.54) is 7.11 Å². The minimum absolute atomic E-state index is 0.00516. The van der Waals surface area contributed by atoms with Gasteiger partial charge in [0.05, 0.1) is 12.4 Å². The summed E-state index contributed by atoms with van der Waals surface area (Å²) in [5.74, 6) is -0.210. The highest BCUT2D eigenvalue weighted by Gasteiger charge is 2.09. The van der Waals surface area contributed by atoms with Crippen molar-refractivity contribution in [2.45, 2.75) is 12.8 Å². The molecule has 0 aromatic rings. The van der Waals surface area contributed by atoms with Gasteiger partial charge in [-0.25, -0.2) is 13.1 Å². The summed E-state index contributed by atoms with van der Waals surface area (Å²) >= 11 is 0. The first-order chi connectivity index (χ1) is 8.02. The minimum atomic E-state index is -3.30. The molecule has 0 aliphatic carbocycles. The van der Waals surface area contributed by atoms with Crippen LogP contribution in [0.2, 0.25) is 0 Å². The van der Waals surface area contributed by atoms with E-state index >= 15 is 0 Å². The van der Waals surface area contributed by atoms with Crippen LogP contribution in [-0.4, -0.2) is 53.4 Å². The van der Waals surface area contributed by atoms with E-state index in [9.17, 15) is 13.2 Å². The number of nitrogens with one attached hydrogen (secondary N) is 2. The Morgan fingerprint density at radius 1 is 1.35 bits per heavy atom. The molecule has 4 N–H and O–H groups in total. The predicted molar refractivity (Wildman–Crippen MR) is 65.0 cm³/mol. The van der Waals surface area contributed by atoms with Crippen LogP contribution < -0.4 is 15.8 Å². The molecule has 8 heteroatoms. The molecule has 0 heterocycles. The molecule has 0 aromatic heterocycles. The third-order valence-electron chi connectivity index (χ3n) is 1.92. The summed E-state index contributed by atoms with van der Waals surface area (Å²) in [6.07, 6.45) is 0.529. The van der Waals surface area contributed by atoms with Crippen LogP contribution in [0, 0.1) is 0 Å². The normalized spacial score (nSPS) is 11.4. The van der Waals surface area contributed by atoms with Crippen molar-refractivity contribution in [1.82, 2.24) is 10.0 Å². The van der Waals surface area contributed by atoms with Gasteiger partial charge in [-0.2, -0.15) is 0 Å². The summed E-state index contributed by atoms with van der Waals surface area (Å²) in [5.41, 5.74) is 5.21. The van der Waals surface area contributed by atoms with E-state index in [4.69, 9.17) is 10.5 Å². The number of hydrogen-bond donors (Lipinski definition) is 3. The van der Waals surface area contributed by atoms with Gasteiger partial charge in [-0.05, 0) is 13.0 Å². The highest BCUT2D eigenvalue weighted by atomic mass is 32.2. The molecule has 0 aliphatic heterocycles. The van der Waals surface area contributed by atoms with Crippen LogP contribution in [0.15, 0.2) is 0 Å². The maximum atomic E-state index is 11.3. The van der Waals surface area contributed by atoms with Crippen LogP contribution in [0.25, 0.3) is 0 Å². The monoisotopic (exact) mass is 267 g/mol. The van der Waals surface area contributed by atoms with Gasteiger partial charge in [0.1, 0.15) is 0 Å². The SMILES string of the molecule is COCCNC(=O)CCNS(=O)(=O)CCCN. The zero-order valence-electron chi connectivity index (χ0n) is 10.1. The van der Waals surface area contributed by atoms with Crippen molar-refractivity contribution in [2.75, 3.05) is 39.1 Å². The first-order valence-electron chi connectivity index (χ1n) is 5.45. The lowest BCUT2D eigenvalue weighted by atomic mass is 10.4. The molecular formula is C9H21N3O4S. The first-order valence-corrected chi connectivity index (χ1v) is 7.10. The first kappa shape index (κ1) is 16.3. The van der Waals surface area contributed by atoms with Gasteiger partial charge in [-0.3, -0.25) is 4.79 Å². The van der Waals surface area contributed by atoms with Gasteiger partial charge in [0.2, 0.25) is 15.9 Å². The van der Waals surface area contributed by atoms with E-state index in [-0.39, 0.29) is 24.6 Å². The summed E-state index contributed by atoms with van der Waals surface area (Å²) in [5, 5.41) is 2.59. The average Bonchev–Trinajstić information content (AvgIpc) is 2.26. The highest BCUT2D eigenvalue weighted by Crippen LogP contribution is 1.88. The smallest absolute Gasteiger partial charge is 0.221 e. The molecule has 0 saturated carbocycles. The quantitative estimate of drug-likeness (QED) is 0.413. The maximum absolute atomic E-state index is 11.3. The second-order valence-corrected chi connectivity index (χ2v) is 5.37. The molecule has 0 aromatic carbocycles. The van der Waals surface area contributed by atoms with E-state index in [0.29, 0.717) is 26.1 Å². The van der Waals surface area contributed by atoms with Crippen molar-refractivity contribution in [3.63, 3.8) is 0 Å². The maximum Gasteiger partial charge on any atom is 0.221 e. The fraction of sp³-hybridized carbons (Fsp3) is 0.889. The molecule has 17 heavy (non-hydrogen) atoms. The van der Waals surface area contributed by atoms with E-state index in [0.717, 1.165) is 0 Å². The molecule has 0 bridgehead atoms. The number of hydrogen-bond acceptors (Lipinski definition) is 5. The van der Waals surface area contributed by atoms with E-state index in [2.05, 4.69) is 10.0 Å². The lowest BCUT2D eigenvalue weighted by Gasteiger charge is -2.06. The van der Waals surface area contributed by atoms with Gasteiger partial charge < -0.3 is 15.8 Å². The molecular weight excluding hydrogens is 246 g/mol. The summed E-state index contributed by atoms with van der Waals surface area (Å²) in [7, 11) is -1.76. The molecule has 1 amide bonds. The number of methoxy groups -OCH3 is 1. The zero-order chi connectivity index (χ0) is 13.1. The van der Waals surface area contributed by atoms with Crippen LogP contribution in [0.3, 0.4) is 0 Å². The van der Waals surface area contributed by atoms with Gasteiger partial charge in [0.25, 0.3) is 0 Å². The Kier molecular flexibility index (Phi) is 8.96. The Hall–Kier alpha value is -0.700. The summed E-state index contributed by atoms with van der Waals surface area (Å²) in [6, 6.07) is 0.